The quantitative estimate of drug-likeness (QED) is 0.101. The molecule has 32 heavy (non-hydrogen) atoms. The molecule has 0 aliphatic heterocycles. The number of rotatable bonds is 16. The van der Waals surface area contributed by atoms with Gasteiger partial charge >= 0.3 is 0 Å². The van der Waals surface area contributed by atoms with Crippen LogP contribution in [0.25, 0.3) is 0 Å². The van der Waals surface area contributed by atoms with E-state index in [1.807, 2.05) is 0 Å². The summed E-state index contributed by atoms with van der Waals surface area (Å²) >= 11 is 0. The molecule has 198 valence electrons. The first-order valence-corrected chi connectivity index (χ1v) is 10.5. The Labute approximate surface area is 189 Å². The van der Waals surface area contributed by atoms with Crippen molar-refractivity contribution in [2.45, 2.75) is 57.3 Å². The van der Waals surface area contributed by atoms with E-state index in [9.17, 15) is 5.11 Å². The highest BCUT2D eigenvalue weighted by Crippen LogP contribution is 2.24. The molecule has 0 amide bonds. The van der Waals surface area contributed by atoms with Gasteiger partial charge in [-0.2, -0.15) is 0 Å². The first-order chi connectivity index (χ1) is 15.0. The Kier molecular flexibility index (Phi) is 25.2. The Bertz CT molecular complexity index is 357. The Balaban J connectivity index is -0.000000492. The first kappa shape index (κ1) is 36.1. The summed E-state index contributed by atoms with van der Waals surface area (Å²) in [5, 5.41) is 104. The minimum absolute atomic E-state index is 0.181. The summed E-state index contributed by atoms with van der Waals surface area (Å²) in [6, 6.07) is 0. The average Bonchev–Trinajstić information content (AvgIpc) is 2.84. The number of aliphatic hydroxyl groups excluding tert-OH is 12. The molecule has 0 saturated carbocycles. The second-order valence-electron chi connectivity index (χ2n) is 8.24. The molecule has 12 nitrogen and oxygen atoms in total. The maximum absolute atomic E-state index is 9.70. The molecule has 12 N–H and O–H groups in total. The van der Waals surface area contributed by atoms with Crippen molar-refractivity contribution in [3.8, 4) is 0 Å². The minimum Gasteiger partial charge on any atom is -0.396 e. The van der Waals surface area contributed by atoms with Crippen LogP contribution in [0.2, 0.25) is 0 Å². The molecule has 0 aromatic rings. The Hall–Kier alpha value is -0.480. The summed E-state index contributed by atoms with van der Waals surface area (Å²) in [5.74, 6) is 0. The maximum Gasteiger partial charge on any atom is 0.100 e. The topological polar surface area (TPSA) is 243 Å². The van der Waals surface area contributed by atoms with Crippen LogP contribution >= 0.6 is 0 Å². The third-order valence-electron chi connectivity index (χ3n) is 4.87. The zero-order valence-corrected chi connectivity index (χ0v) is 19.0. The first-order valence-electron chi connectivity index (χ1n) is 10.5. The van der Waals surface area contributed by atoms with Crippen molar-refractivity contribution in [3.05, 3.63) is 0 Å². The highest BCUT2D eigenvalue weighted by Gasteiger charge is 2.28. The molecule has 0 aromatic carbocycles. The highest BCUT2D eigenvalue weighted by molar-refractivity contribution is 4.78. The van der Waals surface area contributed by atoms with Crippen molar-refractivity contribution in [2.75, 3.05) is 59.5 Å². The van der Waals surface area contributed by atoms with Crippen LogP contribution in [-0.2, 0) is 0 Å². The fourth-order valence-corrected chi connectivity index (χ4v) is 1.89. The lowest BCUT2D eigenvalue weighted by molar-refractivity contribution is -0.0112. The predicted octanol–water partition coefficient (Wildman–Crippen LogP) is -4.08. The largest absolute Gasteiger partial charge is 0.396 e. The summed E-state index contributed by atoms with van der Waals surface area (Å²) in [6.07, 6.45) is -0.0908. The molecular weight excluding hydrogens is 432 g/mol. The molecule has 0 saturated heterocycles. The van der Waals surface area contributed by atoms with Crippen LogP contribution in [-0.4, -0.2) is 139 Å². The zero-order chi connectivity index (χ0) is 25.6. The van der Waals surface area contributed by atoms with Crippen LogP contribution in [0.3, 0.4) is 0 Å². The van der Waals surface area contributed by atoms with Gasteiger partial charge in [-0.15, -0.1) is 0 Å². The predicted molar refractivity (Wildman–Crippen MR) is 115 cm³/mol. The van der Waals surface area contributed by atoms with E-state index in [4.69, 9.17) is 56.2 Å². The van der Waals surface area contributed by atoms with Gasteiger partial charge in [0.25, 0.3) is 0 Å². The van der Waals surface area contributed by atoms with Gasteiger partial charge in [-0.3, -0.25) is 0 Å². The normalized spacial score (nSPS) is 13.7. The number of hydrogen-bond acceptors (Lipinski definition) is 12. The van der Waals surface area contributed by atoms with Gasteiger partial charge in [0.15, 0.2) is 0 Å². The Morgan fingerprint density at radius 3 is 1.12 bits per heavy atom. The molecule has 12 heteroatoms. The molecule has 2 unspecified atom stereocenters. The van der Waals surface area contributed by atoms with Crippen molar-refractivity contribution in [2.24, 2.45) is 10.8 Å². The fourth-order valence-electron chi connectivity index (χ4n) is 1.89. The zero-order valence-electron chi connectivity index (χ0n) is 19.0. The van der Waals surface area contributed by atoms with Crippen molar-refractivity contribution in [3.63, 3.8) is 0 Å². The van der Waals surface area contributed by atoms with Crippen molar-refractivity contribution < 1.29 is 61.3 Å². The van der Waals surface area contributed by atoms with Crippen LogP contribution in [0.15, 0.2) is 0 Å². The monoisotopic (exact) mass is 478 g/mol. The van der Waals surface area contributed by atoms with E-state index in [1.54, 1.807) is 6.92 Å². The molecule has 0 rings (SSSR count). The molecule has 2 atom stereocenters. The SMILES string of the molecule is CC(CO)(CO)CO.OCC(O)CCCC(O)CCC(CO)(CO)CO.OCC(O)CO. The molecule has 0 bridgehead atoms. The highest BCUT2D eigenvalue weighted by atomic mass is 16.3. The van der Waals surface area contributed by atoms with E-state index >= 15 is 0 Å². The third kappa shape index (κ3) is 19.0. The van der Waals surface area contributed by atoms with E-state index in [1.165, 1.54) is 0 Å². The second kappa shape index (κ2) is 22.3. The summed E-state index contributed by atoms with van der Waals surface area (Å²) in [4.78, 5) is 0. The van der Waals surface area contributed by atoms with Gasteiger partial charge in [0.1, 0.15) is 6.10 Å². The average molecular weight is 479 g/mol. The van der Waals surface area contributed by atoms with Gasteiger partial charge in [-0.1, -0.05) is 6.92 Å². The lowest BCUT2D eigenvalue weighted by Crippen LogP contribution is -2.34. The molecule has 0 fully saturated rings. The van der Waals surface area contributed by atoms with Gasteiger partial charge in [0.2, 0.25) is 0 Å². The summed E-state index contributed by atoms with van der Waals surface area (Å²) in [7, 11) is 0. The summed E-state index contributed by atoms with van der Waals surface area (Å²) < 4.78 is 0. The van der Waals surface area contributed by atoms with Crippen LogP contribution < -0.4 is 0 Å². The summed E-state index contributed by atoms with van der Waals surface area (Å²) in [5.41, 5.74) is -1.65. The molecule has 0 aliphatic rings. The number of hydrogen-bond donors (Lipinski definition) is 12. The molecule has 0 spiro atoms. The second-order valence-corrected chi connectivity index (χ2v) is 8.24. The van der Waals surface area contributed by atoms with Crippen LogP contribution in [0, 0.1) is 10.8 Å². The van der Waals surface area contributed by atoms with Crippen LogP contribution in [0.1, 0.15) is 39.0 Å². The molecule has 0 radical (unpaired) electrons. The van der Waals surface area contributed by atoms with Gasteiger partial charge in [0.05, 0.1) is 71.7 Å². The van der Waals surface area contributed by atoms with E-state index in [2.05, 4.69) is 0 Å². The lowest BCUT2D eigenvalue weighted by atomic mass is 9.84. The van der Waals surface area contributed by atoms with Crippen molar-refractivity contribution >= 4 is 0 Å². The van der Waals surface area contributed by atoms with Gasteiger partial charge in [-0.25, -0.2) is 0 Å². The summed E-state index contributed by atoms with van der Waals surface area (Å²) in [6.45, 7) is -0.916. The number of aliphatic hydroxyl groups is 12. The lowest BCUT2D eigenvalue weighted by Gasteiger charge is -2.28. The Morgan fingerprint density at radius 1 is 0.500 bits per heavy atom. The van der Waals surface area contributed by atoms with Gasteiger partial charge in [0, 0.05) is 10.8 Å². The third-order valence-corrected chi connectivity index (χ3v) is 4.87. The van der Waals surface area contributed by atoms with Crippen molar-refractivity contribution in [1.29, 1.82) is 0 Å². The molecule has 0 aliphatic carbocycles. The van der Waals surface area contributed by atoms with E-state index in [0.717, 1.165) is 0 Å². The smallest absolute Gasteiger partial charge is 0.100 e. The van der Waals surface area contributed by atoms with E-state index in [0.29, 0.717) is 32.1 Å². The molecule has 0 heterocycles. The molecule has 0 aromatic heterocycles. The van der Waals surface area contributed by atoms with Crippen LogP contribution in [0.4, 0.5) is 0 Å². The molecular formula is C20H46O12. The van der Waals surface area contributed by atoms with Gasteiger partial charge < -0.3 is 61.3 Å². The fraction of sp³-hybridized carbons (Fsp3) is 1.00. The minimum atomic E-state index is -0.954. The standard InChI is InChI=1S/C12H26O6.C5H12O3.C3H8O3/c13-6-11(18)3-1-2-10(17)4-5-12(7-14,8-15)9-16;1-5(2-6,3-7)4-8;4-1-3(6)2-5/h10-11,13-18H,1-9H2;6-8H,2-4H2,1H3;3-6H,1-2H2. The maximum atomic E-state index is 9.70. The van der Waals surface area contributed by atoms with Crippen molar-refractivity contribution in [1.82, 2.24) is 0 Å². The van der Waals surface area contributed by atoms with Crippen LogP contribution in [0.5, 0.6) is 0 Å². The van der Waals surface area contributed by atoms with E-state index < -0.39 is 29.1 Å². The van der Waals surface area contributed by atoms with E-state index in [-0.39, 0.29) is 59.5 Å². The van der Waals surface area contributed by atoms with Gasteiger partial charge in [-0.05, 0) is 32.1 Å². The Morgan fingerprint density at radius 2 is 0.875 bits per heavy atom.